The normalized spacial score (nSPS) is 13.9. The molecule has 1 aliphatic heterocycles. The number of amides is 2. The standard InChI is InChI=1S/C24H19ClN2O3/c1-27(15-16-7-3-2-4-8-16)24(29)18-11-12-21-20(13-18)26-23(28)22(30-21)14-17-9-5-6-10-19(17)25/h2-14H,15H2,1H3,(H,26,28). The van der Waals surface area contributed by atoms with E-state index in [-0.39, 0.29) is 11.7 Å². The Morgan fingerprint density at radius 3 is 2.57 bits per heavy atom. The van der Waals surface area contributed by atoms with Crippen LogP contribution in [0.1, 0.15) is 21.5 Å². The molecule has 2 amide bonds. The fraction of sp³-hybridized carbons (Fsp3) is 0.0833. The number of nitrogens with one attached hydrogen (secondary N) is 1. The van der Waals surface area contributed by atoms with Crippen LogP contribution in [0.4, 0.5) is 5.69 Å². The molecule has 4 rings (SSSR count). The molecule has 1 N–H and O–H groups in total. The van der Waals surface area contributed by atoms with Crippen LogP contribution in [-0.2, 0) is 11.3 Å². The zero-order valence-corrected chi connectivity index (χ0v) is 17.0. The van der Waals surface area contributed by atoms with E-state index in [1.54, 1.807) is 48.4 Å². The number of anilines is 1. The predicted octanol–water partition coefficient (Wildman–Crippen LogP) is 4.98. The number of hydrogen-bond acceptors (Lipinski definition) is 3. The SMILES string of the molecule is CN(Cc1ccccc1)C(=O)c1ccc2c(c1)NC(=O)C(=Cc1ccccc1Cl)O2. The van der Waals surface area contributed by atoms with Gasteiger partial charge >= 0.3 is 0 Å². The maximum atomic E-state index is 12.8. The number of fused-ring (bicyclic) bond motifs is 1. The minimum absolute atomic E-state index is 0.135. The third kappa shape index (κ3) is 4.21. The van der Waals surface area contributed by atoms with Crippen molar-refractivity contribution >= 4 is 35.2 Å². The average Bonchev–Trinajstić information content (AvgIpc) is 2.75. The van der Waals surface area contributed by atoms with Crippen molar-refractivity contribution < 1.29 is 14.3 Å². The van der Waals surface area contributed by atoms with Crippen molar-refractivity contribution in [2.75, 3.05) is 12.4 Å². The zero-order chi connectivity index (χ0) is 21.1. The van der Waals surface area contributed by atoms with Crippen LogP contribution in [0.2, 0.25) is 5.02 Å². The van der Waals surface area contributed by atoms with Gasteiger partial charge in [0.25, 0.3) is 11.8 Å². The molecular formula is C24H19ClN2O3. The molecule has 30 heavy (non-hydrogen) atoms. The molecule has 3 aromatic rings. The number of ether oxygens (including phenoxy) is 1. The fourth-order valence-electron chi connectivity index (χ4n) is 3.18. The van der Waals surface area contributed by atoms with Crippen LogP contribution in [0.25, 0.3) is 6.08 Å². The Morgan fingerprint density at radius 1 is 1.07 bits per heavy atom. The van der Waals surface area contributed by atoms with E-state index >= 15 is 0 Å². The van der Waals surface area contributed by atoms with Crippen LogP contribution in [0, 0.1) is 0 Å². The first kappa shape index (κ1) is 19.7. The summed E-state index contributed by atoms with van der Waals surface area (Å²) in [6, 6.07) is 21.9. The summed E-state index contributed by atoms with van der Waals surface area (Å²) in [6.45, 7) is 0.490. The van der Waals surface area contributed by atoms with Crippen molar-refractivity contribution in [3.63, 3.8) is 0 Å². The molecule has 3 aromatic carbocycles. The zero-order valence-electron chi connectivity index (χ0n) is 16.3. The van der Waals surface area contributed by atoms with Gasteiger partial charge in [0, 0.05) is 24.2 Å². The highest BCUT2D eigenvalue weighted by molar-refractivity contribution is 6.32. The van der Waals surface area contributed by atoms with Gasteiger partial charge in [0.2, 0.25) is 0 Å². The Morgan fingerprint density at radius 2 is 1.80 bits per heavy atom. The van der Waals surface area contributed by atoms with Gasteiger partial charge < -0.3 is 15.0 Å². The van der Waals surface area contributed by atoms with Crippen LogP contribution in [-0.4, -0.2) is 23.8 Å². The van der Waals surface area contributed by atoms with Crippen LogP contribution in [0.5, 0.6) is 5.75 Å². The molecule has 6 heteroatoms. The van der Waals surface area contributed by atoms with E-state index in [1.807, 2.05) is 42.5 Å². The number of nitrogens with zero attached hydrogens (tertiary/aromatic N) is 1. The molecule has 0 atom stereocenters. The topological polar surface area (TPSA) is 58.6 Å². The van der Waals surface area contributed by atoms with E-state index in [9.17, 15) is 9.59 Å². The second kappa shape index (κ2) is 8.43. The Balaban J connectivity index is 1.54. The third-order valence-electron chi connectivity index (χ3n) is 4.72. The highest BCUT2D eigenvalue weighted by Crippen LogP contribution is 2.33. The summed E-state index contributed by atoms with van der Waals surface area (Å²) in [5.41, 5.74) is 2.64. The number of rotatable bonds is 4. The van der Waals surface area contributed by atoms with Crippen LogP contribution < -0.4 is 10.1 Å². The fourth-order valence-corrected chi connectivity index (χ4v) is 3.37. The Kier molecular flexibility index (Phi) is 5.55. The average molecular weight is 419 g/mol. The summed E-state index contributed by atoms with van der Waals surface area (Å²) in [5.74, 6) is 0.0593. The molecule has 0 fully saturated rings. The quantitative estimate of drug-likeness (QED) is 0.607. The lowest BCUT2D eigenvalue weighted by Crippen LogP contribution is -2.27. The molecule has 1 heterocycles. The summed E-state index contributed by atoms with van der Waals surface area (Å²) in [4.78, 5) is 26.9. The Bertz CT molecular complexity index is 1140. The number of halogens is 1. The molecule has 150 valence electrons. The maximum absolute atomic E-state index is 12.8. The monoisotopic (exact) mass is 418 g/mol. The largest absolute Gasteiger partial charge is 0.449 e. The van der Waals surface area contributed by atoms with Crippen LogP contribution in [0.15, 0.2) is 78.6 Å². The Labute approximate surface area is 179 Å². The molecule has 0 saturated carbocycles. The summed E-state index contributed by atoms with van der Waals surface area (Å²) >= 11 is 6.16. The predicted molar refractivity (Wildman–Crippen MR) is 117 cm³/mol. The lowest BCUT2D eigenvalue weighted by molar-refractivity contribution is -0.115. The molecule has 0 bridgehead atoms. The van der Waals surface area contributed by atoms with Gasteiger partial charge in [0.15, 0.2) is 11.5 Å². The molecule has 5 nitrogen and oxygen atoms in total. The van der Waals surface area contributed by atoms with E-state index in [2.05, 4.69) is 5.32 Å². The van der Waals surface area contributed by atoms with E-state index < -0.39 is 5.91 Å². The van der Waals surface area contributed by atoms with E-state index in [0.29, 0.717) is 34.1 Å². The molecule has 0 radical (unpaired) electrons. The number of hydrogen-bond donors (Lipinski definition) is 1. The first-order valence-electron chi connectivity index (χ1n) is 9.40. The molecule has 0 aromatic heterocycles. The van der Waals surface area contributed by atoms with E-state index in [4.69, 9.17) is 16.3 Å². The Hall–Kier alpha value is -3.57. The van der Waals surface area contributed by atoms with Gasteiger partial charge in [-0.2, -0.15) is 0 Å². The highest BCUT2D eigenvalue weighted by Gasteiger charge is 2.24. The second-order valence-electron chi connectivity index (χ2n) is 6.94. The van der Waals surface area contributed by atoms with Gasteiger partial charge in [0.05, 0.1) is 5.69 Å². The summed E-state index contributed by atoms with van der Waals surface area (Å²) in [5, 5.41) is 3.31. The molecule has 0 spiro atoms. The number of benzene rings is 3. The lowest BCUT2D eigenvalue weighted by Gasteiger charge is -2.22. The van der Waals surface area contributed by atoms with Crippen molar-refractivity contribution in [1.82, 2.24) is 4.90 Å². The second-order valence-corrected chi connectivity index (χ2v) is 7.35. The smallest absolute Gasteiger partial charge is 0.291 e. The summed E-state index contributed by atoms with van der Waals surface area (Å²) < 4.78 is 5.76. The van der Waals surface area contributed by atoms with Crippen molar-refractivity contribution in [1.29, 1.82) is 0 Å². The molecule has 0 aliphatic carbocycles. The lowest BCUT2D eigenvalue weighted by atomic mass is 10.1. The van der Waals surface area contributed by atoms with Crippen molar-refractivity contribution in [3.8, 4) is 5.75 Å². The van der Waals surface area contributed by atoms with Crippen LogP contribution >= 0.6 is 11.6 Å². The first-order chi connectivity index (χ1) is 14.5. The highest BCUT2D eigenvalue weighted by atomic mass is 35.5. The van der Waals surface area contributed by atoms with Gasteiger partial charge in [-0.05, 0) is 41.5 Å². The molecular weight excluding hydrogens is 400 g/mol. The number of carbonyl (C=O) groups is 2. The molecule has 0 saturated heterocycles. The third-order valence-corrected chi connectivity index (χ3v) is 5.06. The van der Waals surface area contributed by atoms with Crippen LogP contribution in [0.3, 0.4) is 0 Å². The first-order valence-corrected chi connectivity index (χ1v) is 9.78. The van der Waals surface area contributed by atoms with Crippen molar-refractivity contribution in [2.45, 2.75) is 6.54 Å². The van der Waals surface area contributed by atoms with Gasteiger partial charge in [-0.3, -0.25) is 9.59 Å². The minimum atomic E-state index is -0.398. The maximum Gasteiger partial charge on any atom is 0.291 e. The number of carbonyl (C=O) groups excluding carboxylic acids is 2. The van der Waals surface area contributed by atoms with Crippen molar-refractivity contribution in [2.24, 2.45) is 0 Å². The van der Waals surface area contributed by atoms with Gasteiger partial charge in [-0.1, -0.05) is 60.1 Å². The summed E-state index contributed by atoms with van der Waals surface area (Å²) in [6.07, 6.45) is 1.59. The van der Waals surface area contributed by atoms with E-state index in [1.165, 1.54) is 0 Å². The molecule has 1 aliphatic rings. The van der Waals surface area contributed by atoms with Gasteiger partial charge in [-0.15, -0.1) is 0 Å². The van der Waals surface area contributed by atoms with Gasteiger partial charge in [-0.25, -0.2) is 0 Å². The van der Waals surface area contributed by atoms with Crippen molar-refractivity contribution in [3.05, 3.63) is 100 Å². The van der Waals surface area contributed by atoms with Gasteiger partial charge in [0.1, 0.15) is 0 Å². The summed E-state index contributed by atoms with van der Waals surface area (Å²) in [7, 11) is 1.74. The minimum Gasteiger partial charge on any atom is -0.449 e. The van der Waals surface area contributed by atoms with E-state index in [0.717, 1.165) is 5.56 Å². The molecule has 0 unspecified atom stereocenters.